The zero-order valence-electron chi connectivity index (χ0n) is 7.01. The average Bonchev–Trinajstić information content (AvgIpc) is 2.07. The van der Waals surface area contributed by atoms with Crippen LogP contribution in [0.3, 0.4) is 0 Å². The van der Waals surface area contributed by atoms with Gasteiger partial charge in [-0.15, -0.1) is 0 Å². The molecule has 3 heteroatoms. The van der Waals surface area contributed by atoms with Gasteiger partial charge in [-0.2, -0.15) is 0 Å². The van der Waals surface area contributed by atoms with Gasteiger partial charge in [0.05, 0.1) is 18.2 Å². The lowest BCUT2D eigenvalue weighted by molar-refractivity contribution is 0.0682. The Kier molecular flexibility index (Phi) is 3.80. The van der Waals surface area contributed by atoms with Gasteiger partial charge in [0.15, 0.2) is 0 Å². The standard InChI is InChI=1S/C8H15NOS/c1-2-3-8(11)9-4-6-10-7-5-9/h2-7H2,1H3. The molecule has 0 radical (unpaired) electrons. The molecule has 0 saturated carbocycles. The third-order valence-corrected chi connectivity index (χ3v) is 2.29. The second-order valence-corrected chi connectivity index (χ2v) is 3.21. The van der Waals surface area contributed by atoms with Crippen molar-refractivity contribution in [2.75, 3.05) is 26.3 Å². The first-order chi connectivity index (χ1) is 5.34. The average molecular weight is 173 g/mol. The summed E-state index contributed by atoms with van der Waals surface area (Å²) in [6.45, 7) is 5.80. The van der Waals surface area contributed by atoms with Crippen molar-refractivity contribution in [1.82, 2.24) is 4.90 Å². The highest BCUT2D eigenvalue weighted by atomic mass is 32.1. The van der Waals surface area contributed by atoms with Crippen LogP contribution in [0.4, 0.5) is 0 Å². The molecule has 1 fully saturated rings. The van der Waals surface area contributed by atoms with E-state index in [-0.39, 0.29) is 0 Å². The van der Waals surface area contributed by atoms with Crippen LogP contribution in [-0.2, 0) is 4.74 Å². The number of morpholine rings is 1. The maximum atomic E-state index is 5.24. The van der Waals surface area contributed by atoms with Gasteiger partial charge in [0, 0.05) is 13.1 Å². The normalized spacial score (nSPS) is 18.5. The summed E-state index contributed by atoms with van der Waals surface area (Å²) >= 11 is 5.24. The van der Waals surface area contributed by atoms with Crippen LogP contribution in [0.5, 0.6) is 0 Å². The molecule has 0 spiro atoms. The van der Waals surface area contributed by atoms with Crippen molar-refractivity contribution in [3.8, 4) is 0 Å². The molecule has 1 aliphatic rings. The number of hydrogen-bond donors (Lipinski definition) is 0. The first-order valence-corrected chi connectivity index (χ1v) is 4.61. The summed E-state index contributed by atoms with van der Waals surface area (Å²) in [6, 6.07) is 0. The van der Waals surface area contributed by atoms with Gasteiger partial charge in [0.25, 0.3) is 0 Å². The molecule has 0 aromatic carbocycles. The minimum atomic E-state index is 0.837. The molecule has 1 saturated heterocycles. The Hall–Kier alpha value is -0.150. The number of nitrogens with zero attached hydrogens (tertiary/aromatic N) is 1. The summed E-state index contributed by atoms with van der Waals surface area (Å²) in [5.41, 5.74) is 0. The largest absolute Gasteiger partial charge is 0.378 e. The maximum Gasteiger partial charge on any atom is 0.0780 e. The minimum absolute atomic E-state index is 0.837. The third-order valence-electron chi connectivity index (χ3n) is 1.83. The SMILES string of the molecule is CCCC(=S)N1CCOCC1. The molecular weight excluding hydrogens is 158 g/mol. The lowest BCUT2D eigenvalue weighted by atomic mass is 10.3. The molecule has 64 valence electrons. The predicted octanol–water partition coefficient (Wildman–Crippen LogP) is 1.45. The molecule has 0 N–H and O–H groups in total. The Morgan fingerprint density at radius 2 is 2.09 bits per heavy atom. The molecule has 0 aliphatic carbocycles. The van der Waals surface area contributed by atoms with E-state index in [1.165, 1.54) is 0 Å². The fourth-order valence-electron chi connectivity index (χ4n) is 1.18. The summed E-state index contributed by atoms with van der Waals surface area (Å²) in [7, 11) is 0. The molecular formula is C8H15NOS. The van der Waals surface area contributed by atoms with Crippen LogP contribution >= 0.6 is 12.2 Å². The number of ether oxygens (including phenoxy) is 1. The summed E-state index contributed by atoms with van der Waals surface area (Å²) in [6.07, 6.45) is 2.20. The molecule has 0 atom stereocenters. The van der Waals surface area contributed by atoms with E-state index >= 15 is 0 Å². The molecule has 0 aromatic heterocycles. The highest BCUT2D eigenvalue weighted by Crippen LogP contribution is 2.03. The predicted molar refractivity (Wildman–Crippen MR) is 49.9 cm³/mol. The van der Waals surface area contributed by atoms with Gasteiger partial charge < -0.3 is 9.64 Å². The summed E-state index contributed by atoms with van der Waals surface area (Å²) < 4.78 is 5.23. The van der Waals surface area contributed by atoms with Crippen molar-refractivity contribution >= 4 is 17.2 Å². The van der Waals surface area contributed by atoms with Crippen LogP contribution in [-0.4, -0.2) is 36.2 Å². The van der Waals surface area contributed by atoms with Gasteiger partial charge in [-0.25, -0.2) is 0 Å². The van der Waals surface area contributed by atoms with Gasteiger partial charge in [-0.1, -0.05) is 19.1 Å². The highest BCUT2D eigenvalue weighted by Gasteiger charge is 2.11. The number of rotatable bonds is 2. The van der Waals surface area contributed by atoms with Crippen molar-refractivity contribution in [3.63, 3.8) is 0 Å². The molecule has 0 aromatic rings. The molecule has 1 aliphatic heterocycles. The molecule has 1 rings (SSSR count). The fraction of sp³-hybridized carbons (Fsp3) is 0.875. The van der Waals surface area contributed by atoms with Crippen molar-refractivity contribution in [3.05, 3.63) is 0 Å². The molecule has 1 heterocycles. The van der Waals surface area contributed by atoms with E-state index < -0.39 is 0 Å². The van der Waals surface area contributed by atoms with Crippen LogP contribution in [0.1, 0.15) is 19.8 Å². The fourth-order valence-corrected chi connectivity index (χ4v) is 1.57. The Labute approximate surface area is 73.5 Å². The number of thiocarbonyl (C=S) groups is 1. The van der Waals surface area contributed by atoms with Crippen LogP contribution in [0.15, 0.2) is 0 Å². The Balaban J connectivity index is 2.27. The van der Waals surface area contributed by atoms with Gasteiger partial charge in [-0.3, -0.25) is 0 Å². The maximum absolute atomic E-state index is 5.24. The van der Waals surface area contributed by atoms with Crippen LogP contribution in [0, 0.1) is 0 Å². The van der Waals surface area contributed by atoms with Gasteiger partial charge in [0.1, 0.15) is 0 Å². The topological polar surface area (TPSA) is 12.5 Å². The summed E-state index contributed by atoms with van der Waals surface area (Å²) in [5, 5.41) is 0. The molecule has 0 amide bonds. The van der Waals surface area contributed by atoms with E-state index in [1.807, 2.05) is 0 Å². The van der Waals surface area contributed by atoms with E-state index in [4.69, 9.17) is 17.0 Å². The quantitative estimate of drug-likeness (QED) is 0.586. The Morgan fingerprint density at radius 1 is 1.45 bits per heavy atom. The lowest BCUT2D eigenvalue weighted by Gasteiger charge is -2.28. The van der Waals surface area contributed by atoms with Crippen LogP contribution in [0.25, 0.3) is 0 Å². The van der Waals surface area contributed by atoms with E-state index in [2.05, 4.69) is 11.8 Å². The second kappa shape index (κ2) is 4.67. The first kappa shape index (κ1) is 8.94. The zero-order valence-corrected chi connectivity index (χ0v) is 7.82. The highest BCUT2D eigenvalue weighted by molar-refractivity contribution is 7.80. The Bertz CT molecular complexity index is 132. The van der Waals surface area contributed by atoms with Crippen molar-refractivity contribution in [2.45, 2.75) is 19.8 Å². The van der Waals surface area contributed by atoms with Gasteiger partial charge >= 0.3 is 0 Å². The van der Waals surface area contributed by atoms with E-state index in [9.17, 15) is 0 Å². The monoisotopic (exact) mass is 173 g/mol. The lowest BCUT2D eigenvalue weighted by Crippen LogP contribution is -2.39. The van der Waals surface area contributed by atoms with E-state index in [1.54, 1.807) is 0 Å². The van der Waals surface area contributed by atoms with E-state index in [0.717, 1.165) is 44.1 Å². The van der Waals surface area contributed by atoms with Crippen LogP contribution < -0.4 is 0 Å². The minimum Gasteiger partial charge on any atom is -0.378 e. The molecule has 0 bridgehead atoms. The Morgan fingerprint density at radius 3 is 2.64 bits per heavy atom. The van der Waals surface area contributed by atoms with Gasteiger partial charge in [-0.05, 0) is 12.8 Å². The third kappa shape index (κ3) is 2.75. The second-order valence-electron chi connectivity index (χ2n) is 2.74. The first-order valence-electron chi connectivity index (χ1n) is 4.20. The smallest absolute Gasteiger partial charge is 0.0780 e. The van der Waals surface area contributed by atoms with Crippen molar-refractivity contribution in [1.29, 1.82) is 0 Å². The summed E-state index contributed by atoms with van der Waals surface area (Å²) in [5.74, 6) is 0. The van der Waals surface area contributed by atoms with Crippen molar-refractivity contribution < 1.29 is 4.74 Å². The molecule has 0 unspecified atom stereocenters. The molecule has 11 heavy (non-hydrogen) atoms. The van der Waals surface area contributed by atoms with Crippen LogP contribution in [0.2, 0.25) is 0 Å². The summed E-state index contributed by atoms with van der Waals surface area (Å²) in [4.78, 5) is 3.36. The number of hydrogen-bond acceptors (Lipinski definition) is 2. The van der Waals surface area contributed by atoms with E-state index in [0.29, 0.717) is 0 Å². The zero-order chi connectivity index (χ0) is 8.10. The molecule has 2 nitrogen and oxygen atoms in total. The van der Waals surface area contributed by atoms with Crippen molar-refractivity contribution in [2.24, 2.45) is 0 Å². The van der Waals surface area contributed by atoms with Gasteiger partial charge in [0.2, 0.25) is 0 Å².